The number of rotatable bonds is 6. The average molecular weight is 745 g/mol. The van der Waals surface area contributed by atoms with E-state index >= 15 is 0 Å². The summed E-state index contributed by atoms with van der Waals surface area (Å²) in [7, 11) is -1.58. The Bertz CT molecular complexity index is 1930. The second-order valence-corrected chi connectivity index (χ2v) is 11.7. The molecule has 0 amide bonds. The fraction of sp³-hybridized carbons (Fsp3) is 0.108. The molecule has 1 heterocycles. The second kappa shape index (κ2) is 12.3. The smallest absolute Gasteiger partial charge is 0.308 e. The van der Waals surface area contributed by atoms with Crippen LogP contribution in [-0.2, 0) is 20.1 Å². The van der Waals surface area contributed by atoms with Crippen LogP contribution >= 0.6 is 8.16 Å². The predicted molar refractivity (Wildman–Crippen MR) is 174 cm³/mol. The summed E-state index contributed by atoms with van der Waals surface area (Å²) in [6, 6.07) is 46.9. The zero-order valence-electron chi connectivity index (χ0n) is 23.5. The van der Waals surface area contributed by atoms with E-state index < -0.39 is 8.16 Å². The van der Waals surface area contributed by atoms with E-state index in [0.717, 1.165) is 32.7 Å². The quantitative estimate of drug-likeness (QED) is 0.159. The van der Waals surface area contributed by atoms with Gasteiger partial charge in [0.2, 0.25) is 0 Å². The Balaban J connectivity index is 0.00000316. The minimum atomic E-state index is -1.58. The molecule has 0 aliphatic rings. The summed E-state index contributed by atoms with van der Waals surface area (Å²) in [5.74, 6) is 0. The first-order valence-corrected chi connectivity index (χ1v) is 15.2. The van der Waals surface area contributed by atoms with Gasteiger partial charge in [0.15, 0.2) is 0 Å². The Labute approximate surface area is 260 Å². The Morgan fingerprint density at radius 3 is 1.52 bits per heavy atom. The van der Waals surface area contributed by atoms with Crippen LogP contribution in [0.15, 0.2) is 142 Å². The van der Waals surface area contributed by atoms with E-state index in [9.17, 15) is 0 Å². The number of nitrogens with zero attached hydrogens (tertiary/aromatic N) is 1. The number of benzene rings is 6. The Morgan fingerprint density at radius 1 is 0.571 bits per heavy atom. The molecule has 0 fully saturated rings. The van der Waals surface area contributed by atoms with Crippen molar-refractivity contribution in [1.82, 2.24) is 0 Å². The van der Waals surface area contributed by atoms with Gasteiger partial charge < -0.3 is 14.8 Å². The van der Waals surface area contributed by atoms with Crippen molar-refractivity contribution < 1.29 is 28.5 Å². The van der Waals surface area contributed by atoms with Gasteiger partial charge in [-0.05, 0) is 46.2 Å². The molecule has 0 bridgehead atoms. The topological polar surface area (TPSA) is 29.5 Å². The van der Waals surface area contributed by atoms with Crippen molar-refractivity contribution in [3.63, 3.8) is 0 Å². The molecule has 6 aromatic carbocycles. The molecule has 1 aromatic heterocycles. The molecule has 2 atom stereocenters. The standard InChI is InChI=1S/C37H31NO2P.Ir/c1-3-33(30-18-8-5-9-19-30)38(26(2)27-14-6-4-7-15-27)41-39-34-24-22-28-16-10-12-20-31(28)36(34)37-32-21-13-11-17-29(32)23-25-35(37)40-41;/h3-26,33H,1-2H3;/q-1;/t26-,33-;/m1./s1. The van der Waals surface area contributed by atoms with Crippen molar-refractivity contribution in [2.24, 2.45) is 0 Å². The van der Waals surface area contributed by atoms with Gasteiger partial charge in [0, 0.05) is 36.9 Å². The van der Waals surface area contributed by atoms with Crippen LogP contribution in [0.1, 0.15) is 37.1 Å². The summed E-state index contributed by atoms with van der Waals surface area (Å²) in [5, 5.41) is 6.85. The monoisotopic (exact) mass is 745 g/mol. The summed E-state index contributed by atoms with van der Waals surface area (Å²) in [5.41, 5.74) is 4.11. The fourth-order valence-corrected chi connectivity index (χ4v) is 7.72. The molecule has 5 heteroatoms. The molecular weight excluding hydrogens is 714 g/mol. The molecule has 0 spiro atoms. The molecule has 0 unspecified atom stereocenters. The predicted octanol–water partition coefficient (Wildman–Crippen LogP) is 11.3. The van der Waals surface area contributed by atoms with Crippen molar-refractivity contribution in [1.29, 1.82) is 0 Å². The van der Waals surface area contributed by atoms with Crippen molar-refractivity contribution in [3.05, 3.63) is 151 Å². The van der Waals surface area contributed by atoms with E-state index in [1.54, 1.807) is 0 Å². The Kier molecular flexibility index (Phi) is 8.33. The van der Waals surface area contributed by atoms with E-state index in [1.165, 1.54) is 21.9 Å². The van der Waals surface area contributed by atoms with Gasteiger partial charge in [-0.25, -0.2) is 4.67 Å². The maximum atomic E-state index is 7.05. The van der Waals surface area contributed by atoms with Crippen LogP contribution in [0.25, 0.3) is 43.5 Å². The molecule has 3 nitrogen and oxygen atoms in total. The van der Waals surface area contributed by atoms with Gasteiger partial charge in [-0.1, -0.05) is 133 Å². The molecule has 211 valence electrons. The van der Waals surface area contributed by atoms with Crippen LogP contribution in [-0.4, -0.2) is 0 Å². The molecule has 0 aliphatic heterocycles. The maximum Gasteiger partial charge on any atom is 0.308 e. The normalized spacial score (nSPS) is 12.9. The summed E-state index contributed by atoms with van der Waals surface area (Å²) in [6.07, 6.45) is 2.25. The van der Waals surface area contributed by atoms with Gasteiger partial charge in [-0.15, -0.1) is 0 Å². The van der Waals surface area contributed by atoms with Crippen LogP contribution < -0.4 is 4.67 Å². The summed E-state index contributed by atoms with van der Waals surface area (Å²) < 4.78 is 16.5. The third-order valence-electron chi connectivity index (χ3n) is 7.99. The number of hydrogen-bond donors (Lipinski definition) is 0. The van der Waals surface area contributed by atoms with Crippen molar-refractivity contribution >= 4 is 51.6 Å². The van der Waals surface area contributed by atoms with E-state index in [1.807, 2.05) is 0 Å². The van der Waals surface area contributed by atoms with Gasteiger partial charge in [-0.3, -0.25) is 0 Å². The van der Waals surface area contributed by atoms with Crippen LogP contribution in [0.5, 0.6) is 0 Å². The second-order valence-electron chi connectivity index (χ2n) is 10.4. The number of fused-ring (bicyclic) bond motifs is 7. The number of hydrogen-bond acceptors (Lipinski definition) is 3. The third-order valence-corrected chi connectivity index (χ3v) is 9.67. The molecule has 7 rings (SSSR count). The molecule has 0 saturated heterocycles. The van der Waals surface area contributed by atoms with Crippen LogP contribution in [0.4, 0.5) is 0 Å². The largest absolute Gasteiger partial charge is 0.408 e. The minimum absolute atomic E-state index is 0. The molecule has 7 aromatic rings. The van der Waals surface area contributed by atoms with E-state index in [4.69, 9.17) is 8.39 Å². The molecule has 42 heavy (non-hydrogen) atoms. The van der Waals surface area contributed by atoms with Gasteiger partial charge in [-0.2, -0.15) is 6.92 Å². The summed E-state index contributed by atoms with van der Waals surface area (Å²) >= 11 is 0. The fourth-order valence-electron chi connectivity index (χ4n) is 5.97. The first-order valence-electron chi connectivity index (χ1n) is 14.1. The Hall–Kier alpha value is -3.65. The zero-order valence-corrected chi connectivity index (χ0v) is 26.8. The van der Waals surface area contributed by atoms with E-state index in [2.05, 4.69) is 158 Å². The van der Waals surface area contributed by atoms with Crippen molar-refractivity contribution in [2.45, 2.75) is 25.9 Å². The van der Waals surface area contributed by atoms with Gasteiger partial charge in [0.1, 0.15) is 11.2 Å². The summed E-state index contributed by atoms with van der Waals surface area (Å²) in [6.45, 7) is 4.37. The van der Waals surface area contributed by atoms with Crippen molar-refractivity contribution in [2.75, 3.05) is 4.67 Å². The van der Waals surface area contributed by atoms with Gasteiger partial charge in [0.05, 0.1) is 0 Å². The van der Waals surface area contributed by atoms with Gasteiger partial charge >= 0.3 is 8.16 Å². The minimum Gasteiger partial charge on any atom is -0.408 e. The molecule has 0 aliphatic carbocycles. The first kappa shape index (κ1) is 28.5. The van der Waals surface area contributed by atoms with Crippen LogP contribution in [0, 0.1) is 6.42 Å². The zero-order chi connectivity index (χ0) is 27.8. The van der Waals surface area contributed by atoms with Crippen LogP contribution in [0.2, 0.25) is 0 Å². The molecule has 1 radical (unpaired) electrons. The average Bonchev–Trinajstić information content (AvgIpc) is 3.21. The van der Waals surface area contributed by atoms with E-state index in [0.29, 0.717) is 0 Å². The van der Waals surface area contributed by atoms with Crippen molar-refractivity contribution in [3.8, 4) is 0 Å². The molecule has 0 N–H and O–H groups in total. The van der Waals surface area contributed by atoms with Gasteiger partial charge in [0.25, 0.3) is 0 Å². The third kappa shape index (κ3) is 5.10. The van der Waals surface area contributed by atoms with Crippen LogP contribution in [0.3, 0.4) is 0 Å². The Morgan fingerprint density at radius 2 is 1.02 bits per heavy atom. The molecular formula is C37H31IrNO2P-. The summed E-state index contributed by atoms with van der Waals surface area (Å²) in [4.78, 5) is 0. The van der Waals surface area contributed by atoms with E-state index in [-0.39, 0.29) is 32.2 Å². The maximum absolute atomic E-state index is 7.05. The first-order chi connectivity index (χ1) is 20.2. The molecule has 0 saturated carbocycles. The SMILES string of the molecule is C[CH-][C@H](c1ccccc1)N([C@H](C)c1ccccc1)p1oc2ccc3ccccc3c2c2c(ccc3ccccc32)o1.[Ir].